The van der Waals surface area contributed by atoms with Gasteiger partial charge in [0.25, 0.3) is 0 Å². The van der Waals surface area contributed by atoms with Crippen molar-refractivity contribution in [3.05, 3.63) is 0 Å². The maximum Gasteiger partial charge on any atom is 0.0670 e. The van der Waals surface area contributed by atoms with Crippen LogP contribution in [-0.2, 0) is 0 Å². The second-order valence-corrected chi connectivity index (χ2v) is 4.67. The van der Waals surface area contributed by atoms with Crippen LogP contribution >= 0.6 is 15.9 Å². The van der Waals surface area contributed by atoms with Gasteiger partial charge in [0, 0.05) is 4.83 Å². The standard InChI is InChI=1S/C7H11BrO/c8-5-3-7(1-2-7)4-6(5)9/h5-6,9H,1-4H2/t5-,6-/m0/s1. The predicted molar refractivity (Wildman–Crippen MR) is 39.6 cm³/mol. The Morgan fingerprint density at radius 2 is 2.00 bits per heavy atom. The van der Waals surface area contributed by atoms with E-state index in [1.54, 1.807) is 0 Å². The summed E-state index contributed by atoms with van der Waals surface area (Å²) in [5, 5.41) is 9.33. The van der Waals surface area contributed by atoms with Gasteiger partial charge in [-0.3, -0.25) is 0 Å². The molecule has 0 amide bonds. The van der Waals surface area contributed by atoms with Gasteiger partial charge in [-0.15, -0.1) is 0 Å². The maximum absolute atomic E-state index is 9.33. The first-order chi connectivity index (χ1) is 4.22. The third kappa shape index (κ3) is 0.926. The fourth-order valence-electron chi connectivity index (χ4n) is 1.79. The minimum absolute atomic E-state index is 0.0625. The molecule has 1 nitrogen and oxygen atoms in total. The molecule has 0 aromatic carbocycles. The first-order valence-corrected chi connectivity index (χ1v) is 4.46. The van der Waals surface area contributed by atoms with Gasteiger partial charge in [-0.1, -0.05) is 15.9 Å². The number of hydrogen-bond donors (Lipinski definition) is 1. The SMILES string of the molecule is O[C@H]1CC2(CC2)C[C@@H]1Br. The van der Waals surface area contributed by atoms with Crippen LogP contribution < -0.4 is 0 Å². The number of rotatable bonds is 0. The van der Waals surface area contributed by atoms with Crippen LogP contribution in [0.3, 0.4) is 0 Å². The predicted octanol–water partition coefficient (Wildman–Crippen LogP) is 1.68. The fraction of sp³-hybridized carbons (Fsp3) is 1.00. The highest BCUT2D eigenvalue weighted by molar-refractivity contribution is 9.09. The number of aliphatic hydroxyl groups is 1. The van der Waals surface area contributed by atoms with Gasteiger partial charge < -0.3 is 5.11 Å². The van der Waals surface area contributed by atoms with Gasteiger partial charge >= 0.3 is 0 Å². The molecule has 0 bridgehead atoms. The average molecular weight is 191 g/mol. The molecule has 0 aromatic heterocycles. The van der Waals surface area contributed by atoms with E-state index in [4.69, 9.17) is 0 Å². The zero-order valence-corrected chi connectivity index (χ0v) is 6.89. The van der Waals surface area contributed by atoms with E-state index < -0.39 is 0 Å². The molecule has 9 heavy (non-hydrogen) atoms. The highest BCUT2D eigenvalue weighted by atomic mass is 79.9. The van der Waals surface area contributed by atoms with E-state index in [0.717, 1.165) is 6.42 Å². The molecule has 2 fully saturated rings. The van der Waals surface area contributed by atoms with Crippen LogP contribution in [-0.4, -0.2) is 16.0 Å². The molecule has 52 valence electrons. The van der Waals surface area contributed by atoms with E-state index in [-0.39, 0.29) is 6.10 Å². The molecule has 0 radical (unpaired) electrons. The largest absolute Gasteiger partial charge is 0.392 e. The zero-order valence-electron chi connectivity index (χ0n) is 5.31. The van der Waals surface area contributed by atoms with Crippen LogP contribution in [0.15, 0.2) is 0 Å². The van der Waals surface area contributed by atoms with Gasteiger partial charge in [-0.05, 0) is 31.1 Å². The Labute approximate surface area is 63.6 Å². The van der Waals surface area contributed by atoms with Crippen LogP contribution in [0.5, 0.6) is 0 Å². The molecule has 2 aliphatic rings. The Morgan fingerprint density at radius 1 is 1.33 bits per heavy atom. The van der Waals surface area contributed by atoms with Crippen molar-refractivity contribution < 1.29 is 5.11 Å². The molecule has 2 atom stereocenters. The first-order valence-electron chi connectivity index (χ1n) is 3.54. The van der Waals surface area contributed by atoms with E-state index in [1.165, 1.54) is 19.3 Å². The van der Waals surface area contributed by atoms with E-state index in [0.29, 0.717) is 10.2 Å². The summed E-state index contributed by atoms with van der Waals surface area (Å²) in [4.78, 5) is 0.389. The molecular weight excluding hydrogens is 180 g/mol. The van der Waals surface area contributed by atoms with Crippen LogP contribution in [0, 0.1) is 5.41 Å². The van der Waals surface area contributed by atoms with Crippen LogP contribution in [0.25, 0.3) is 0 Å². The molecule has 0 unspecified atom stereocenters. The summed E-state index contributed by atoms with van der Waals surface area (Å²) in [6, 6.07) is 0. The van der Waals surface area contributed by atoms with E-state index in [9.17, 15) is 5.11 Å². The zero-order chi connectivity index (χ0) is 6.48. The smallest absolute Gasteiger partial charge is 0.0670 e. The highest BCUT2D eigenvalue weighted by Gasteiger charge is 2.51. The summed E-state index contributed by atoms with van der Waals surface area (Å²) in [5.74, 6) is 0. The maximum atomic E-state index is 9.33. The van der Waals surface area contributed by atoms with E-state index in [1.807, 2.05) is 0 Å². The Kier molecular flexibility index (Phi) is 1.18. The van der Waals surface area contributed by atoms with Gasteiger partial charge in [-0.2, -0.15) is 0 Å². The lowest BCUT2D eigenvalue weighted by Crippen LogP contribution is -2.10. The lowest BCUT2D eigenvalue weighted by Gasteiger charge is -2.02. The van der Waals surface area contributed by atoms with E-state index in [2.05, 4.69) is 15.9 Å². The van der Waals surface area contributed by atoms with Crippen LogP contribution in [0.4, 0.5) is 0 Å². The van der Waals surface area contributed by atoms with Crippen LogP contribution in [0.1, 0.15) is 25.7 Å². The van der Waals surface area contributed by atoms with Crippen molar-refractivity contribution in [3.63, 3.8) is 0 Å². The molecule has 0 saturated heterocycles. The minimum atomic E-state index is -0.0625. The topological polar surface area (TPSA) is 20.2 Å². The quantitative estimate of drug-likeness (QED) is 0.577. The van der Waals surface area contributed by atoms with Crippen molar-refractivity contribution in [1.82, 2.24) is 0 Å². The van der Waals surface area contributed by atoms with Crippen molar-refractivity contribution in [2.24, 2.45) is 5.41 Å². The van der Waals surface area contributed by atoms with Crippen LogP contribution in [0.2, 0.25) is 0 Å². The summed E-state index contributed by atoms with van der Waals surface area (Å²) in [6.07, 6.45) is 4.89. The first kappa shape index (κ1) is 6.17. The number of aliphatic hydroxyl groups excluding tert-OH is 1. The summed E-state index contributed by atoms with van der Waals surface area (Å²) < 4.78 is 0. The van der Waals surface area contributed by atoms with Crippen molar-refractivity contribution in [3.8, 4) is 0 Å². The number of halogens is 1. The van der Waals surface area contributed by atoms with Gasteiger partial charge in [-0.25, -0.2) is 0 Å². The molecule has 1 N–H and O–H groups in total. The van der Waals surface area contributed by atoms with Gasteiger partial charge in [0.1, 0.15) is 0 Å². The second-order valence-electron chi connectivity index (χ2n) is 3.49. The Bertz CT molecular complexity index is 119. The third-order valence-electron chi connectivity index (χ3n) is 2.64. The Hall–Kier alpha value is 0.440. The molecule has 0 aliphatic heterocycles. The van der Waals surface area contributed by atoms with E-state index >= 15 is 0 Å². The van der Waals surface area contributed by atoms with Gasteiger partial charge in [0.2, 0.25) is 0 Å². The number of hydrogen-bond acceptors (Lipinski definition) is 1. The molecule has 2 rings (SSSR count). The van der Waals surface area contributed by atoms with Crippen molar-refractivity contribution in [1.29, 1.82) is 0 Å². The molecule has 1 spiro atoms. The lowest BCUT2D eigenvalue weighted by atomic mass is 10.1. The minimum Gasteiger partial charge on any atom is -0.392 e. The van der Waals surface area contributed by atoms with Gasteiger partial charge in [0.15, 0.2) is 0 Å². The highest BCUT2D eigenvalue weighted by Crippen LogP contribution is 2.59. The molecule has 2 heteroatoms. The number of alkyl halides is 1. The van der Waals surface area contributed by atoms with Crippen molar-refractivity contribution in [2.45, 2.75) is 36.6 Å². The molecule has 0 aromatic rings. The summed E-state index contributed by atoms with van der Waals surface area (Å²) in [5.41, 5.74) is 0.591. The lowest BCUT2D eigenvalue weighted by molar-refractivity contribution is 0.181. The summed E-state index contributed by atoms with van der Waals surface area (Å²) in [6.45, 7) is 0. The molecular formula is C7H11BrO. The summed E-state index contributed by atoms with van der Waals surface area (Å²) >= 11 is 3.47. The van der Waals surface area contributed by atoms with Gasteiger partial charge in [0.05, 0.1) is 6.10 Å². The normalized spacial score (nSPS) is 46.0. The fourth-order valence-corrected chi connectivity index (χ4v) is 2.66. The van der Waals surface area contributed by atoms with Crippen molar-refractivity contribution in [2.75, 3.05) is 0 Å². The third-order valence-corrected chi connectivity index (χ3v) is 3.58. The average Bonchev–Trinajstić information content (AvgIpc) is 2.42. The Morgan fingerprint density at radius 3 is 2.22 bits per heavy atom. The Balaban J connectivity index is 2.06. The molecule has 2 saturated carbocycles. The molecule has 0 heterocycles. The molecule has 2 aliphatic carbocycles. The second kappa shape index (κ2) is 1.73. The monoisotopic (exact) mass is 190 g/mol. The summed E-state index contributed by atoms with van der Waals surface area (Å²) in [7, 11) is 0. The van der Waals surface area contributed by atoms with Crippen molar-refractivity contribution >= 4 is 15.9 Å².